The number of nitrogens with one attached hydrogen (secondary N) is 2. The summed E-state index contributed by atoms with van der Waals surface area (Å²) < 4.78 is 5.22. The molecule has 102 valence electrons. The second kappa shape index (κ2) is 5.35. The van der Waals surface area contributed by atoms with E-state index in [1.807, 2.05) is 0 Å². The third-order valence-corrected chi connectivity index (χ3v) is 4.02. The Bertz CT molecular complexity index is 561. The van der Waals surface area contributed by atoms with Gasteiger partial charge < -0.3 is 15.0 Å². The monoisotopic (exact) mass is 258 g/mol. The average molecular weight is 258 g/mol. The van der Waals surface area contributed by atoms with E-state index in [1.54, 1.807) is 7.11 Å². The molecule has 0 bridgehead atoms. The van der Waals surface area contributed by atoms with Crippen LogP contribution in [-0.2, 0) is 11.2 Å². The number of H-pyrrole nitrogens is 1. The SMILES string of the molecule is COCC(C)NC1CCCc2c1[nH]c1ccccc21. The molecule has 2 N–H and O–H groups in total. The molecule has 0 fully saturated rings. The van der Waals surface area contributed by atoms with Crippen molar-refractivity contribution in [2.45, 2.75) is 38.3 Å². The Labute approximate surface area is 114 Å². The smallest absolute Gasteiger partial charge is 0.0613 e. The Balaban J connectivity index is 1.91. The minimum absolute atomic E-state index is 0.382. The Hall–Kier alpha value is -1.32. The highest BCUT2D eigenvalue weighted by atomic mass is 16.5. The number of aromatic amines is 1. The Morgan fingerprint density at radius 3 is 3.11 bits per heavy atom. The molecule has 1 heterocycles. The molecule has 0 spiro atoms. The normalized spacial score (nSPS) is 20.4. The Morgan fingerprint density at radius 2 is 2.26 bits per heavy atom. The van der Waals surface area contributed by atoms with E-state index in [1.165, 1.54) is 41.4 Å². The first-order chi connectivity index (χ1) is 9.29. The predicted octanol–water partition coefficient (Wildman–Crippen LogP) is 3.17. The molecular formula is C16H22N2O. The molecule has 2 atom stereocenters. The van der Waals surface area contributed by atoms with E-state index >= 15 is 0 Å². The number of rotatable bonds is 4. The van der Waals surface area contributed by atoms with Crippen LogP contribution in [0.25, 0.3) is 10.9 Å². The molecular weight excluding hydrogens is 236 g/mol. The first-order valence-electron chi connectivity index (χ1n) is 7.14. The standard InChI is InChI=1S/C16H22N2O/c1-11(10-19-2)17-15-9-5-7-13-12-6-3-4-8-14(12)18-16(13)15/h3-4,6,8,11,15,17-18H,5,7,9-10H2,1-2H3. The first-order valence-corrected chi connectivity index (χ1v) is 7.14. The molecule has 2 unspecified atom stereocenters. The van der Waals surface area contributed by atoms with Gasteiger partial charge >= 0.3 is 0 Å². The summed E-state index contributed by atoms with van der Waals surface area (Å²) in [4.78, 5) is 3.61. The van der Waals surface area contributed by atoms with Crippen LogP contribution in [-0.4, -0.2) is 24.7 Å². The Kier molecular flexibility index (Phi) is 3.58. The lowest BCUT2D eigenvalue weighted by Gasteiger charge is -2.27. The minimum Gasteiger partial charge on any atom is -0.383 e. The fourth-order valence-corrected chi connectivity index (χ4v) is 3.22. The summed E-state index contributed by atoms with van der Waals surface area (Å²) in [6.45, 7) is 2.94. The van der Waals surface area contributed by atoms with Gasteiger partial charge in [-0.1, -0.05) is 18.2 Å². The lowest BCUT2D eigenvalue weighted by molar-refractivity contribution is 0.164. The molecule has 1 aromatic carbocycles. The number of hydrogen-bond donors (Lipinski definition) is 2. The quantitative estimate of drug-likeness (QED) is 0.884. The van der Waals surface area contributed by atoms with Crippen LogP contribution in [0.3, 0.4) is 0 Å². The van der Waals surface area contributed by atoms with Gasteiger partial charge in [0, 0.05) is 35.8 Å². The van der Waals surface area contributed by atoms with E-state index in [9.17, 15) is 0 Å². The van der Waals surface area contributed by atoms with Gasteiger partial charge in [-0.3, -0.25) is 0 Å². The third-order valence-electron chi connectivity index (χ3n) is 4.02. The van der Waals surface area contributed by atoms with E-state index in [0.29, 0.717) is 12.1 Å². The van der Waals surface area contributed by atoms with Crippen molar-refractivity contribution in [3.05, 3.63) is 35.5 Å². The van der Waals surface area contributed by atoms with Crippen molar-refractivity contribution >= 4 is 10.9 Å². The van der Waals surface area contributed by atoms with Crippen molar-refractivity contribution in [2.24, 2.45) is 0 Å². The van der Waals surface area contributed by atoms with Crippen LogP contribution in [0.1, 0.15) is 37.1 Å². The summed E-state index contributed by atoms with van der Waals surface area (Å²) in [6.07, 6.45) is 3.65. The predicted molar refractivity (Wildman–Crippen MR) is 78.5 cm³/mol. The zero-order chi connectivity index (χ0) is 13.2. The van der Waals surface area contributed by atoms with Gasteiger partial charge in [-0.05, 0) is 37.8 Å². The minimum atomic E-state index is 0.382. The number of hydrogen-bond acceptors (Lipinski definition) is 2. The van der Waals surface area contributed by atoms with Crippen LogP contribution in [0.5, 0.6) is 0 Å². The maximum atomic E-state index is 5.22. The van der Waals surface area contributed by atoms with Gasteiger partial charge in [-0.25, -0.2) is 0 Å². The zero-order valence-corrected chi connectivity index (χ0v) is 11.7. The van der Waals surface area contributed by atoms with E-state index in [2.05, 4.69) is 41.5 Å². The summed E-state index contributed by atoms with van der Waals surface area (Å²) in [7, 11) is 1.76. The van der Waals surface area contributed by atoms with Crippen LogP contribution in [0, 0.1) is 0 Å². The number of ether oxygens (including phenoxy) is 1. The van der Waals surface area contributed by atoms with E-state index in [4.69, 9.17) is 4.74 Å². The van der Waals surface area contributed by atoms with Crippen molar-refractivity contribution in [2.75, 3.05) is 13.7 Å². The highest BCUT2D eigenvalue weighted by Crippen LogP contribution is 2.34. The maximum Gasteiger partial charge on any atom is 0.0613 e. The topological polar surface area (TPSA) is 37.0 Å². The average Bonchev–Trinajstić information content (AvgIpc) is 2.79. The van der Waals surface area contributed by atoms with Crippen molar-refractivity contribution in [3.8, 4) is 0 Å². The van der Waals surface area contributed by atoms with E-state index in [-0.39, 0.29) is 0 Å². The van der Waals surface area contributed by atoms with Gasteiger partial charge in [0.1, 0.15) is 0 Å². The number of aromatic nitrogens is 1. The molecule has 0 aliphatic heterocycles. The third kappa shape index (κ3) is 2.40. The lowest BCUT2D eigenvalue weighted by atomic mass is 9.91. The molecule has 1 aromatic heterocycles. The van der Waals surface area contributed by atoms with Crippen molar-refractivity contribution in [1.82, 2.24) is 10.3 Å². The van der Waals surface area contributed by atoms with Gasteiger partial charge in [-0.2, -0.15) is 0 Å². The highest BCUT2D eigenvalue weighted by Gasteiger charge is 2.24. The number of methoxy groups -OCH3 is 1. The van der Waals surface area contributed by atoms with E-state index in [0.717, 1.165) is 6.61 Å². The van der Waals surface area contributed by atoms with Gasteiger partial charge in [-0.15, -0.1) is 0 Å². The van der Waals surface area contributed by atoms with Crippen LogP contribution >= 0.6 is 0 Å². The summed E-state index contributed by atoms with van der Waals surface area (Å²) in [5.74, 6) is 0. The molecule has 2 aromatic rings. The molecule has 0 saturated heterocycles. The Morgan fingerprint density at radius 1 is 1.42 bits per heavy atom. The number of benzene rings is 1. The van der Waals surface area contributed by atoms with Gasteiger partial charge in [0.2, 0.25) is 0 Å². The molecule has 1 aliphatic rings. The lowest BCUT2D eigenvalue weighted by Crippen LogP contribution is -2.35. The van der Waals surface area contributed by atoms with Crippen LogP contribution in [0.4, 0.5) is 0 Å². The van der Waals surface area contributed by atoms with Gasteiger partial charge in [0.15, 0.2) is 0 Å². The number of fused-ring (bicyclic) bond motifs is 3. The molecule has 3 heteroatoms. The molecule has 0 amide bonds. The first kappa shape index (κ1) is 12.7. The van der Waals surface area contributed by atoms with Crippen molar-refractivity contribution < 1.29 is 4.74 Å². The van der Waals surface area contributed by atoms with E-state index < -0.39 is 0 Å². The summed E-state index contributed by atoms with van der Waals surface area (Å²) in [6, 6.07) is 9.43. The summed E-state index contributed by atoms with van der Waals surface area (Å²) in [5.41, 5.74) is 4.15. The fourth-order valence-electron chi connectivity index (χ4n) is 3.22. The van der Waals surface area contributed by atoms with Crippen LogP contribution in [0.2, 0.25) is 0 Å². The summed E-state index contributed by atoms with van der Waals surface area (Å²) >= 11 is 0. The number of para-hydroxylation sites is 1. The zero-order valence-electron chi connectivity index (χ0n) is 11.7. The maximum absolute atomic E-state index is 5.22. The molecule has 3 nitrogen and oxygen atoms in total. The number of aryl methyl sites for hydroxylation is 1. The summed E-state index contributed by atoms with van der Waals surface area (Å²) in [5, 5.41) is 5.07. The highest BCUT2D eigenvalue weighted by molar-refractivity contribution is 5.85. The van der Waals surface area contributed by atoms with Crippen molar-refractivity contribution in [3.63, 3.8) is 0 Å². The van der Waals surface area contributed by atoms with Gasteiger partial charge in [0.25, 0.3) is 0 Å². The molecule has 19 heavy (non-hydrogen) atoms. The second-order valence-corrected chi connectivity index (χ2v) is 5.53. The molecule has 3 rings (SSSR count). The molecule has 1 aliphatic carbocycles. The van der Waals surface area contributed by atoms with Crippen LogP contribution < -0.4 is 5.32 Å². The molecule has 0 radical (unpaired) electrons. The van der Waals surface area contributed by atoms with Crippen LogP contribution in [0.15, 0.2) is 24.3 Å². The van der Waals surface area contributed by atoms with Gasteiger partial charge in [0.05, 0.1) is 6.61 Å². The molecule has 0 saturated carbocycles. The second-order valence-electron chi connectivity index (χ2n) is 5.53. The fraction of sp³-hybridized carbons (Fsp3) is 0.500. The van der Waals surface area contributed by atoms with Crippen molar-refractivity contribution in [1.29, 1.82) is 0 Å². The largest absolute Gasteiger partial charge is 0.383 e.